The highest BCUT2D eigenvalue weighted by molar-refractivity contribution is 4.97. The molecule has 1 rings (SSSR count). The molecule has 62 valence electrons. The van der Waals surface area contributed by atoms with Crippen molar-refractivity contribution in [1.29, 1.82) is 0 Å². The number of nitrogens with zero attached hydrogens (tertiary/aromatic N) is 1. The lowest BCUT2D eigenvalue weighted by molar-refractivity contribution is 0.432. The molecular formula is C7H11FN2O. The summed E-state index contributed by atoms with van der Waals surface area (Å²) in [5.41, 5.74) is 0.349. The molecule has 0 aliphatic rings. The lowest BCUT2D eigenvalue weighted by atomic mass is 10.3. The van der Waals surface area contributed by atoms with E-state index in [0.717, 1.165) is 0 Å². The molecule has 1 aromatic rings. The molecule has 0 aliphatic carbocycles. The number of alkyl halides is 1. The smallest absolute Gasteiger partial charge is 0.211 e. The van der Waals surface area contributed by atoms with Crippen LogP contribution in [0.1, 0.15) is 24.6 Å². The van der Waals surface area contributed by atoms with Gasteiger partial charge in [-0.15, -0.1) is 0 Å². The number of aromatic nitrogens is 1. The molecule has 0 fully saturated rings. The van der Waals surface area contributed by atoms with Crippen LogP contribution in [0, 0.1) is 0 Å². The van der Waals surface area contributed by atoms with E-state index in [0.29, 0.717) is 11.6 Å². The van der Waals surface area contributed by atoms with Gasteiger partial charge >= 0.3 is 0 Å². The third kappa shape index (κ3) is 1.77. The molecular weight excluding hydrogens is 147 g/mol. The molecule has 0 spiro atoms. The minimum Gasteiger partial charge on any atom is -0.447 e. The maximum Gasteiger partial charge on any atom is 0.211 e. The minimum atomic E-state index is -0.570. The van der Waals surface area contributed by atoms with Crippen molar-refractivity contribution < 1.29 is 8.81 Å². The van der Waals surface area contributed by atoms with Crippen molar-refractivity contribution in [2.45, 2.75) is 19.6 Å². The van der Waals surface area contributed by atoms with Crippen molar-refractivity contribution in [3.63, 3.8) is 0 Å². The predicted octanol–water partition coefficient (Wildman–Crippen LogP) is 1.42. The SMILES string of the molecule is CNC(C)c1nc(CF)co1. The Morgan fingerprint density at radius 1 is 1.82 bits per heavy atom. The fraction of sp³-hybridized carbons (Fsp3) is 0.571. The highest BCUT2D eigenvalue weighted by atomic mass is 19.1. The van der Waals surface area contributed by atoms with Crippen molar-refractivity contribution in [1.82, 2.24) is 10.3 Å². The molecule has 0 saturated heterocycles. The van der Waals surface area contributed by atoms with E-state index in [9.17, 15) is 4.39 Å². The standard InChI is InChI=1S/C7H11FN2O/c1-5(9-2)7-10-6(3-8)4-11-7/h4-5,9H,3H2,1-2H3. The van der Waals surface area contributed by atoms with E-state index in [-0.39, 0.29) is 6.04 Å². The van der Waals surface area contributed by atoms with Crippen molar-refractivity contribution in [3.8, 4) is 0 Å². The molecule has 1 atom stereocenters. The van der Waals surface area contributed by atoms with Gasteiger partial charge in [-0.3, -0.25) is 0 Å². The minimum absolute atomic E-state index is 0.0373. The van der Waals surface area contributed by atoms with Crippen LogP contribution >= 0.6 is 0 Å². The molecule has 1 aromatic heterocycles. The Kier molecular flexibility index (Phi) is 2.59. The van der Waals surface area contributed by atoms with Gasteiger partial charge in [-0.1, -0.05) is 0 Å². The molecule has 11 heavy (non-hydrogen) atoms. The maximum absolute atomic E-state index is 12.0. The zero-order valence-corrected chi connectivity index (χ0v) is 6.60. The number of hydrogen-bond acceptors (Lipinski definition) is 3. The Morgan fingerprint density at radius 3 is 3.00 bits per heavy atom. The van der Waals surface area contributed by atoms with Gasteiger partial charge in [-0.05, 0) is 14.0 Å². The molecule has 0 bridgehead atoms. The van der Waals surface area contributed by atoms with E-state index >= 15 is 0 Å². The van der Waals surface area contributed by atoms with Crippen LogP contribution in [-0.4, -0.2) is 12.0 Å². The summed E-state index contributed by atoms with van der Waals surface area (Å²) in [6, 6.07) is 0.0373. The largest absolute Gasteiger partial charge is 0.447 e. The van der Waals surface area contributed by atoms with Crippen LogP contribution in [0.3, 0.4) is 0 Å². The first-order valence-corrected chi connectivity index (χ1v) is 3.45. The number of rotatable bonds is 3. The van der Waals surface area contributed by atoms with Crippen LogP contribution in [0.4, 0.5) is 4.39 Å². The highest BCUT2D eigenvalue weighted by Gasteiger charge is 2.09. The summed E-state index contributed by atoms with van der Waals surface area (Å²) in [5.74, 6) is 0.528. The third-order valence-corrected chi connectivity index (χ3v) is 1.51. The zero-order valence-electron chi connectivity index (χ0n) is 6.60. The predicted molar refractivity (Wildman–Crippen MR) is 38.8 cm³/mol. The van der Waals surface area contributed by atoms with Crippen molar-refractivity contribution in [2.24, 2.45) is 0 Å². The Bertz CT molecular complexity index is 224. The molecule has 1 N–H and O–H groups in total. The second-order valence-corrected chi connectivity index (χ2v) is 2.32. The van der Waals surface area contributed by atoms with Crippen LogP contribution < -0.4 is 5.32 Å². The van der Waals surface area contributed by atoms with E-state index in [2.05, 4.69) is 10.3 Å². The molecule has 0 aliphatic heterocycles. The van der Waals surface area contributed by atoms with Gasteiger partial charge < -0.3 is 9.73 Å². The van der Waals surface area contributed by atoms with Gasteiger partial charge in [0.1, 0.15) is 18.6 Å². The first kappa shape index (κ1) is 8.20. The van der Waals surface area contributed by atoms with Gasteiger partial charge in [-0.25, -0.2) is 9.37 Å². The fourth-order valence-electron chi connectivity index (χ4n) is 0.706. The Labute approximate surface area is 64.6 Å². The van der Waals surface area contributed by atoms with Crippen LogP contribution in [0.25, 0.3) is 0 Å². The van der Waals surface area contributed by atoms with Gasteiger partial charge in [0.15, 0.2) is 0 Å². The molecule has 4 heteroatoms. The monoisotopic (exact) mass is 158 g/mol. The third-order valence-electron chi connectivity index (χ3n) is 1.51. The molecule has 0 aromatic carbocycles. The lowest BCUT2D eigenvalue weighted by Gasteiger charge is -2.02. The molecule has 0 saturated carbocycles. The van der Waals surface area contributed by atoms with Crippen LogP contribution in [-0.2, 0) is 6.67 Å². The summed E-state index contributed by atoms with van der Waals surface area (Å²) >= 11 is 0. The molecule has 3 nitrogen and oxygen atoms in total. The van der Waals surface area contributed by atoms with Gasteiger partial charge in [0, 0.05) is 0 Å². The quantitative estimate of drug-likeness (QED) is 0.723. The molecule has 1 heterocycles. The van der Waals surface area contributed by atoms with Gasteiger partial charge in [0.25, 0.3) is 0 Å². The lowest BCUT2D eigenvalue weighted by Crippen LogP contribution is -2.12. The van der Waals surface area contributed by atoms with Gasteiger partial charge in [-0.2, -0.15) is 0 Å². The Hall–Kier alpha value is -0.900. The second kappa shape index (κ2) is 3.48. The summed E-state index contributed by atoms with van der Waals surface area (Å²) in [7, 11) is 1.80. The summed E-state index contributed by atoms with van der Waals surface area (Å²) < 4.78 is 17.0. The van der Waals surface area contributed by atoms with E-state index < -0.39 is 6.67 Å². The summed E-state index contributed by atoms with van der Waals surface area (Å²) in [6.45, 7) is 1.33. The van der Waals surface area contributed by atoms with E-state index in [1.165, 1.54) is 6.26 Å². The van der Waals surface area contributed by atoms with E-state index in [4.69, 9.17) is 4.42 Å². The highest BCUT2D eigenvalue weighted by Crippen LogP contribution is 2.11. The number of oxazole rings is 1. The number of hydrogen-bond donors (Lipinski definition) is 1. The Morgan fingerprint density at radius 2 is 2.55 bits per heavy atom. The van der Waals surface area contributed by atoms with Gasteiger partial charge in [0.2, 0.25) is 5.89 Å². The maximum atomic E-state index is 12.0. The summed E-state index contributed by atoms with van der Waals surface area (Å²) in [6.07, 6.45) is 1.34. The second-order valence-electron chi connectivity index (χ2n) is 2.32. The van der Waals surface area contributed by atoms with Crippen molar-refractivity contribution in [2.75, 3.05) is 7.05 Å². The topological polar surface area (TPSA) is 38.1 Å². The first-order chi connectivity index (χ1) is 5.27. The van der Waals surface area contributed by atoms with Crippen LogP contribution in [0.5, 0.6) is 0 Å². The molecule has 0 radical (unpaired) electrons. The average Bonchev–Trinajstić information content (AvgIpc) is 2.50. The molecule has 1 unspecified atom stereocenters. The fourth-order valence-corrected chi connectivity index (χ4v) is 0.706. The summed E-state index contributed by atoms with van der Waals surface area (Å²) in [5, 5.41) is 2.94. The average molecular weight is 158 g/mol. The van der Waals surface area contributed by atoms with Crippen molar-refractivity contribution in [3.05, 3.63) is 17.8 Å². The zero-order chi connectivity index (χ0) is 8.27. The summed E-state index contributed by atoms with van der Waals surface area (Å²) in [4.78, 5) is 3.90. The number of halogens is 1. The Balaban J connectivity index is 2.71. The van der Waals surface area contributed by atoms with E-state index in [1.807, 2.05) is 6.92 Å². The van der Waals surface area contributed by atoms with E-state index in [1.54, 1.807) is 7.05 Å². The normalized spacial score (nSPS) is 13.4. The van der Waals surface area contributed by atoms with Crippen molar-refractivity contribution >= 4 is 0 Å². The molecule has 0 amide bonds. The first-order valence-electron chi connectivity index (χ1n) is 3.45. The van der Waals surface area contributed by atoms with Crippen LogP contribution in [0.2, 0.25) is 0 Å². The van der Waals surface area contributed by atoms with Crippen LogP contribution in [0.15, 0.2) is 10.7 Å². The van der Waals surface area contributed by atoms with Gasteiger partial charge in [0.05, 0.1) is 6.04 Å². The number of nitrogens with one attached hydrogen (secondary N) is 1.